The van der Waals surface area contributed by atoms with Crippen molar-refractivity contribution in [2.75, 3.05) is 33.3 Å². The maximum Gasteiger partial charge on any atom is 0.409 e. The van der Waals surface area contributed by atoms with Crippen LogP contribution in [-0.2, 0) is 9.53 Å². The van der Waals surface area contributed by atoms with Crippen molar-refractivity contribution in [1.29, 1.82) is 0 Å². The van der Waals surface area contributed by atoms with Gasteiger partial charge in [0.25, 0.3) is 0 Å². The zero-order chi connectivity index (χ0) is 18.2. The monoisotopic (exact) mass is 347 g/mol. The zero-order valence-electron chi connectivity index (χ0n) is 15.4. The molecule has 2 rings (SSSR count). The van der Waals surface area contributed by atoms with Gasteiger partial charge in [-0.05, 0) is 31.5 Å². The predicted molar refractivity (Wildman–Crippen MR) is 97.2 cm³/mol. The van der Waals surface area contributed by atoms with Crippen LogP contribution in [0.3, 0.4) is 0 Å². The van der Waals surface area contributed by atoms with Crippen LogP contribution in [0.25, 0.3) is 0 Å². The van der Waals surface area contributed by atoms with E-state index in [4.69, 9.17) is 4.74 Å². The molecule has 0 saturated carbocycles. The van der Waals surface area contributed by atoms with E-state index in [1.54, 1.807) is 4.90 Å². The van der Waals surface area contributed by atoms with Crippen molar-refractivity contribution >= 4 is 12.0 Å². The molecule has 1 saturated heterocycles. The molecule has 0 bridgehead atoms. The number of hydrogen-bond acceptors (Lipinski definition) is 4. The van der Waals surface area contributed by atoms with Crippen molar-refractivity contribution in [1.82, 2.24) is 15.1 Å². The number of carbonyl (C=O) groups excluding carboxylic acids is 2. The average Bonchev–Trinajstić information content (AvgIpc) is 2.66. The fourth-order valence-electron chi connectivity index (χ4n) is 3.37. The molecular weight excluding hydrogens is 318 g/mol. The van der Waals surface area contributed by atoms with Crippen molar-refractivity contribution in [2.24, 2.45) is 0 Å². The number of piperidine rings is 1. The first-order valence-corrected chi connectivity index (χ1v) is 9.02. The third-order valence-corrected chi connectivity index (χ3v) is 4.82. The Balaban J connectivity index is 2.02. The lowest BCUT2D eigenvalue weighted by Gasteiger charge is -2.34. The maximum atomic E-state index is 13.0. The smallest absolute Gasteiger partial charge is 0.409 e. The van der Waals surface area contributed by atoms with Crippen LogP contribution in [0, 0.1) is 0 Å². The maximum absolute atomic E-state index is 13.0. The van der Waals surface area contributed by atoms with Gasteiger partial charge in [-0.2, -0.15) is 0 Å². The van der Waals surface area contributed by atoms with Crippen molar-refractivity contribution in [3.8, 4) is 0 Å². The SMILES string of the molecule is CCN(CC)[C@H](C(=O)NC1CCN(C(=O)OC)CC1)c1ccccc1. The first kappa shape index (κ1) is 19.2. The van der Waals surface area contributed by atoms with E-state index in [0.29, 0.717) is 13.1 Å². The Bertz CT molecular complexity index is 552. The van der Waals surface area contributed by atoms with Gasteiger partial charge in [-0.1, -0.05) is 44.2 Å². The zero-order valence-corrected chi connectivity index (χ0v) is 15.4. The molecular formula is C19H29N3O3. The Morgan fingerprint density at radius 2 is 1.80 bits per heavy atom. The summed E-state index contributed by atoms with van der Waals surface area (Å²) >= 11 is 0. The molecule has 0 radical (unpaired) electrons. The highest BCUT2D eigenvalue weighted by Gasteiger charge is 2.29. The van der Waals surface area contributed by atoms with Crippen LogP contribution >= 0.6 is 0 Å². The number of rotatable bonds is 6. The number of methoxy groups -OCH3 is 1. The van der Waals surface area contributed by atoms with Crippen LogP contribution < -0.4 is 5.32 Å². The Labute approximate surface area is 150 Å². The summed E-state index contributed by atoms with van der Waals surface area (Å²) in [6, 6.07) is 9.71. The van der Waals surface area contributed by atoms with E-state index >= 15 is 0 Å². The number of benzene rings is 1. The normalized spacial score (nSPS) is 16.6. The Morgan fingerprint density at radius 1 is 1.20 bits per heavy atom. The summed E-state index contributed by atoms with van der Waals surface area (Å²) in [4.78, 5) is 28.4. The summed E-state index contributed by atoms with van der Waals surface area (Å²) in [5, 5.41) is 3.18. The number of likely N-dealkylation sites (tertiary alicyclic amines) is 1. The molecule has 0 unspecified atom stereocenters. The Kier molecular flexibility index (Phi) is 7.25. The van der Waals surface area contributed by atoms with Crippen LogP contribution in [0.5, 0.6) is 0 Å². The van der Waals surface area contributed by atoms with Crippen LogP contribution in [-0.4, -0.2) is 61.1 Å². The number of nitrogens with one attached hydrogen (secondary N) is 1. The van der Waals surface area contributed by atoms with E-state index in [9.17, 15) is 9.59 Å². The molecule has 1 aliphatic rings. The minimum absolute atomic E-state index is 0.0337. The molecule has 1 atom stereocenters. The van der Waals surface area contributed by atoms with Gasteiger partial charge in [-0.15, -0.1) is 0 Å². The highest BCUT2D eigenvalue weighted by Crippen LogP contribution is 2.22. The van der Waals surface area contributed by atoms with E-state index in [-0.39, 0.29) is 24.1 Å². The molecule has 0 spiro atoms. The topological polar surface area (TPSA) is 61.9 Å². The molecule has 1 aromatic rings. The number of carbonyl (C=O) groups is 2. The third kappa shape index (κ3) is 4.95. The summed E-state index contributed by atoms with van der Waals surface area (Å²) in [5.74, 6) is 0.0337. The summed E-state index contributed by atoms with van der Waals surface area (Å²) < 4.78 is 4.76. The molecule has 0 aliphatic carbocycles. The molecule has 1 aromatic carbocycles. The van der Waals surface area contributed by atoms with Gasteiger partial charge in [0.05, 0.1) is 7.11 Å². The lowest BCUT2D eigenvalue weighted by atomic mass is 10.0. The standard InChI is InChI=1S/C19H29N3O3/c1-4-21(5-2)17(15-9-7-6-8-10-15)18(23)20-16-11-13-22(14-12-16)19(24)25-3/h6-10,16-17H,4-5,11-14H2,1-3H3,(H,20,23)/t17-/m0/s1. The van der Waals surface area contributed by atoms with Crippen molar-refractivity contribution in [3.63, 3.8) is 0 Å². The Morgan fingerprint density at radius 3 is 2.32 bits per heavy atom. The largest absolute Gasteiger partial charge is 0.453 e. The van der Waals surface area contributed by atoms with Crippen LogP contribution in [0.15, 0.2) is 30.3 Å². The molecule has 1 fully saturated rings. The van der Waals surface area contributed by atoms with E-state index < -0.39 is 0 Å². The molecule has 6 nitrogen and oxygen atoms in total. The van der Waals surface area contributed by atoms with Gasteiger partial charge in [0.15, 0.2) is 0 Å². The van der Waals surface area contributed by atoms with Gasteiger partial charge in [0, 0.05) is 19.1 Å². The summed E-state index contributed by atoms with van der Waals surface area (Å²) in [5.41, 5.74) is 1.01. The second-order valence-electron chi connectivity index (χ2n) is 6.27. The van der Waals surface area contributed by atoms with Gasteiger partial charge < -0.3 is 15.0 Å². The van der Waals surface area contributed by atoms with E-state index in [1.807, 2.05) is 30.3 Å². The summed E-state index contributed by atoms with van der Waals surface area (Å²) in [6.07, 6.45) is 1.20. The summed E-state index contributed by atoms with van der Waals surface area (Å²) in [6.45, 7) is 6.98. The van der Waals surface area contributed by atoms with E-state index in [1.165, 1.54) is 7.11 Å². The van der Waals surface area contributed by atoms with Crippen LogP contribution in [0.4, 0.5) is 4.79 Å². The lowest BCUT2D eigenvalue weighted by Crippen LogP contribution is -2.49. The molecule has 138 valence electrons. The minimum atomic E-state index is -0.296. The van der Waals surface area contributed by atoms with Crippen LogP contribution in [0.1, 0.15) is 38.3 Å². The second-order valence-corrected chi connectivity index (χ2v) is 6.27. The number of nitrogens with zero attached hydrogens (tertiary/aromatic N) is 2. The molecule has 25 heavy (non-hydrogen) atoms. The lowest BCUT2D eigenvalue weighted by molar-refractivity contribution is -0.127. The fraction of sp³-hybridized carbons (Fsp3) is 0.579. The van der Waals surface area contributed by atoms with Gasteiger partial charge in [-0.25, -0.2) is 4.79 Å². The van der Waals surface area contributed by atoms with Crippen molar-refractivity contribution in [3.05, 3.63) is 35.9 Å². The predicted octanol–water partition coefficient (Wildman–Crippen LogP) is 2.42. The quantitative estimate of drug-likeness (QED) is 0.858. The molecule has 2 amide bonds. The third-order valence-electron chi connectivity index (χ3n) is 4.82. The Hall–Kier alpha value is -2.08. The second kappa shape index (κ2) is 9.42. The highest BCUT2D eigenvalue weighted by atomic mass is 16.5. The fourth-order valence-corrected chi connectivity index (χ4v) is 3.37. The molecule has 0 aromatic heterocycles. The van der Waals surface area contributed by atoms with Gasteiger partial charge >= 0.3 is 6.09 Å². The number of amides is 2. The number of likely N-dealkylation sites (N-methyl/N-ethyl adjacent to an activating group) is 1. The van der Waals surface area contributed by atoms with Gasteiger partial charge in [0.1, 0.15) is 6.04 Å². The minimum Gasteiger partial charge on any atom is -0.453 e. The molecule has 1 aliphatic heterocycles. The van der Waals surface area contributed by atoms with Gasteiger partial charge in [0.2, 0.25) is 5.91 Å². The highest BCUT2D eigenvalue weighted by molar-refractivity contribution is 5.83. The van der Waals surface area contributed by atoms with E-state index in [0.717, 1.165) is 31.5 Å². The number of ether oxygens (including phenoxy) is 1. The first-order valence-electron chi connectivity index (χ1n) is 9.02. The van der Waals surface area contributed by atoms with Crippen molar-refractivity contribution in [2.45, 2.75) is 38.8 Å². The average molecular weight is 347 g/mol. The summed E-state index contributed by atoms with van der Waals surface area (Å²) in [7, 11) is 1.39. The van der Waals surface area contributed by atoms with Crippen LogP contribution in [0.2, 0.25) is 0 Å². The molecule has 6 heteroatoms. The van der Waals surface area contributed by atoms with E-state index in [2.05, 4.69) is 24.1 Å². The van der Waals surface area contributed by atoms with Gasteiger partial charge in [-0.3, -0.25) is 9.69 Å². The first-order chi connectivity index (χ1) is 12.1. The molecule has 1 N–H and O–H groups in total. The van der Waals surface area contributed by atoms with Crippen molar-refractivity contribution < 1.29 is 14.3 Å². The number of hydrogen-bond donors (Lipinski definition) is 1. The molecule has 1 heterocycles.